The number of hydrazone groups is 1. The third-order valence-electron chi connectivity index (χ3n) is 4.11. The fourth-order valence-electron chi connectivity index (χ4n) is 2.50. The first kappa shape index (κ1) is 27.5. The number of carbonyl (C=O) groups is 3. The Balaban J connectivity index is 2.25. The molecule has 2 aromatic rings. The maximum absolute atomic E-state index is 13.4. The number of amides is 3. The van der Waals surface area contributed by atoms with Gasteiger partial charge in [0.05, 0.1) is 29.1 Å². The van der Waals surface area contributed by atoms with Crippen molar-refractivity contribution in [2.45, 2.75) is 13.1 Å². The van der Waals surface area contributed by atoms with Crippen LogP contribution in [0.4, 0.5) is 29.3 Å². The Morgan fingerprint density at radius 1 is 1.06 bits per heavy atom. The van der Waals surface area contributed by atoms with Crippen molar-refractivity contribution >= 4 is 58.2 Å². The molecule has 0 bridgehead atoms. The molecule has 0 spiro atoms. The molecule has 0 saturated carbocycles. The Labute approximate surface area is 207 Å². The number of hydrogen-bond acceptors (Lipinski definition) is 6. The van der Waals surface area contributed by atoms with Crippen molar-refractivity contribution in [3.05, 3.63) is 69.7 Å². The van der Waals surface area contributed by atoms with Gasteiger partial charge in [-0.2, -0.15) is 18.3 Å². The summed E-state index contributed by atoms with van der Waals surface area (Å²) >= 11 is 11.9. The van der Waals surface area contributed by atoms with Crippen LogP contribution in [-0.4, -0.2) is 36.9 Å². The van der Waals surface area contributed by atoms with E-state index in [0.717, 1.165) is 7.11 Å². The first-order valence-corrected chi connectivity index (χ1v) is 10.3. The largest absolute Gasteiger partial charge is 0.452 e. The second kappa shape index (κ2) is 12.1. The van der Waals surface area contributed by atoms with Crippen molar-refractivity contribution in [1.29, 1.82) is 0 Å². The molecule has 2 rings (SSSR count). The van der Waals surface area contributed by atoms with Crippen molar-refractivity contribution in [3.63, 3.8) is 0 Å². The molecular weight excluding hydrogens is 514 g/mol. The number of ether oxygens (including phenoxy) is 1. The van der Waals surface area contributed by atoms with Crippen LogP contribution >= 0.6 is 23.2 Å². The smallest absolute Gasteiger partial charge is 0.435 e. The number of nitrogens with one attached hydrogen (secondary N) is 4. The Morgan fingerprint density at radius 2 is 1.74 bits per heavy atom. The van der Waals surface area contributed by atoms with Crippen LogP contribution in [0.25, 0.3) is 0 Å². The molecule has 0 heterocycles. The summed E-state index contributed by atoms with van der Waals surface area (Å²) in [6.07, 6.45) is -4.83. The summed E-state index contributed by atoms with van der Waals surface area (Å²) in [7, 11) is 1.07. The van der Waals surface area contributed by atoms with Crippen molar-refractivity contribution in [1.82, 2.24) is 10.9 Å². The third kappa shape index (κ3) is 8.19. The van der Waals surface area contributed by atoms with Crippen LogP contribution in [-0.2, 0) is 9.53 Å². The van der Waals surface area contributed by atoms with E-state index in [-0.39, 0.29) is 27.0 Å². The number of anilines is 2. The summed E-state index contributed by atoms with van der Waals surface area (Å²) in [5, 5.41) is 5.89. The Morgan fingerprint density at radius 3 is 2.37 bits per heavy atom. The van der Waals surface area contributed by atoms with E-state index in [0.29, 0.717) is 17.7 Å². The number of carbonyl (C=O) groups excluding carboxylic acids is 3. The van der Waals surface area contributed by atoms with Crippen molar-refractivity contribution in [3.8, 4) is 0 Å². The van der Waals surface area contributed by atoms with Crippen LogP contribution < -0.4 is 21.6 Å². The molecule has 0 atom stereocenters. The molecule has 0 radical (unpaired) electrons. The SMILES string of the molecule is COC(=O)NNC(=O)c1cc(Cl)cc(C)c1NC(=O)/C=C/C(=N\Nc1ccccc1Cl)C(F)(F)F. The number of halogens is 5. The van der Waals surface area contributed by atoms with Crippen LogP contribution in [0.5, 0.6) is 0 Å². The fourth-order valence-corrected chi connectivity index (χ4v) is 2.95. The van der Waals surface area contributed by atoms with E-state index in [1.165, 1.54) is 31.2 Å². The van der Waals surface area contributed by atoms with E-state index in [9.17, 15) is 27.6 Å². The van der Waals surface area contributed by atoms with E-state index in [4.69, 9.17) is 23.2 Å². The molecule has 0 fully saturated rings. The number of hydrogen-bond donors (Lipinski definition) is 4. The molecule has 0 aliphatic carbocycles. The molecule has 2 aromatic carbocycles. The molecule has 0 unspecified atom stereocenters. The molecule has 0 aliphatic rings. The number of allylic oxidation sites excluding steroid dienone is 1. The second-order valence-electron chi connectivity index (χ2n) is 6.62. The minimum Gasteiger partial charge on any atom is -0.452 e. The number of benzene rings is 2. The lowest BCUT2D eigenvalue weighted by molar-refractivity contribution is -0.111. The van der Waals surface area contributed by atoms with Crippen molar-refractivity contribution in [2.75, 3.05) is 17.9 Å². The van der Waals surface area contributed by atoms with Gasteiger partial charge in [-0.05, 0) is 42.8 Å². The normalized spacial score (nSPS) is 11.7. The van der Waals surface area contributed by atoms with Gasteiger partial charge in [-0.1, -0.05) is 35.3 Å². The highest BCUT2D eigenvalue weighted by Crippen LogP contribution is 2.26. The maximum Gasteiger partial charge on any atom is 0.435 e. The predicted octanol–water partition coefficient (Wildman–Crippen LogP) is 4.83. The lowest BCUT2D eigenvalue weighted by Gasteiger charge is -2.14. The van der Waals surface area contributed by atoms with E-state index in [1.54, 1.807) is 12.1 Å². The standard InChI is InChI=1S/C21H18Cl2F3N5O4/c1-11-9-12(22)10-13(19(33)30-31-20(34)35-2)18(11)27-17(32)8-7-16(21(24,25)26)29-28-15-6-4-3-5-14(15)23/h3-10,28H,1-2H3,(H,27,32)(H,30,33)(H,31,34)/b8-7+,29-16+. The van der Waals surface area contributed by atoms with Gasteiger partial charge in [-0.25, -0.2) is 10.2 Å². The lowest BCUT2D eigenvalue weighted by Crippen LogP contribution is -2.41. The highest BCUT2D eigenvalue weighted by atomic mass is 35.5. The summed E-state index contributed by atoms with van der Waals surface area (Å²) in [6, 6.07) is 8.62. The van der Waals surface area contributed by atoms with Crippen LogP contribution in [0.2, 0.25) is 10.0 Å². The first-order valence-electron chi connectivity index (χ1n) is 9.51. The summed E-state index contributed by atoms with van der Waals surface area (Å²) in [6.45, 7) is 1.51. The second-order valence-corrected chi connectivity index (χ2v) is 7.47. The number of methoxy groups -OCH3 is 1. The lowest BCUT2D eigenvalue weighted by atomic mass is 10.1. The van der Waals surface area contributed by atoms with Crippen LogP contribution in [0, 0.1) is 6.92 Å². The van der Waals surface area contributed by atoms with Gasteiger partial charge in [0.2, 0.25) is 5.91 Å². The average Bonchev–Trinajstić information content (AvgIpc) is 2.78. The van der Waals surface area contributed by atoms with Crippen molar-refractivity contribution < 1.29 is 32.3 Å². The number of alkyl halides is 3. The van der Waals surface area contributed by atoms with Gasteiger partial charge < -0.3 is 10.1 Å². The van der Waals surface area contributed by atoms with Gasteiger partial charge in [0.25, 0.3) is 5.91 Å². The summed E-state index contributed by atoms with van der Waals surface area (Å²) in [4.78, 5) is 36.0. The molecule has 0 aliphatic heterocycles. The number of rotatable bonds is 6. The zero-order valence-electron chi connectivity index (χ0n) is 18.1. The average molecular weight is 532 g/mol. The predicted molar refractivity (Wildman–Crippen MR) is 126 cm³/mol. The zero-order chi connectivity index (χ0) is 26.2. The Kier molecular flexibility index (Phi) is 9.49. The minimum absolute atomic E-state index is 0.0482. The van der Waals surface area contributed by atoms with Gasteiger partial charge >= 0.3 is 12.3 Å². The first-order chi connectivity index (χ1) is 16.4. The molecule has 35 heavy (non-hydrogen) atoms. The summed E-state index contributed by atoms with van der Waals surface area (Å²) in [5.41, 5.74) is 5.02. The number of nitrogens with zero attached hydrogens (tertiary/aromatic N) is 1. The van der Waals surface area contributed by atoms with Crippen LogP contribution in [0.15, 0.2) is 53.7 Å². The van der Waals surface area contributed by atoms with Gasteiger partial charge in [-0.3, -0.25) is 20.4 Å². The monoisotopic (exact) mass is 531 g/mol. The molecule has 186 valence electrons. The number of hydrazine groups is 1. The topological polar surface area (TPSA) is 121 Å². The van der Waals surface area contributed by atoms with Crippen LogP contribution in [0.1, 0.15) is 15.9 Å². The molecular formula is C21H18Cl2F3N5O4. The zero-order valence-corrected chi connectivity index (χ0v) is 19.6. The van der Waals surface area contributed by atoms with Gasteiger partial charge in [0, 0.05) is 11.1 Å². The van der Waals surface area contributed by atoms with Gasteiger partial charge in [0.1, 0.15) is 0 Å². The Bertz CT molecular complexity index is 1190. The quantitative estimate of drug-likeness (QED) is 0.241. The summed E-state index contributed by atoms with van der Waals surface area (Å²) < 4.78 is 44.4. The van der Waals surface area contributed by atoms with E-state index in [1.807, 2.05) is 10.9 Å². The van der Waals surface area contributed by atoms with Crippen LogP contribution in [0.3, 0.4) is 0 Å². The Hall–Kier alpha value is -3.77. The van der Waals surface area contributed by atoms with E-state index in [2.05, 4.69) is 20.6 Å². The molecule has 14 heteroatoms. The van der Waals surface area contributed by atoms with E-state index < -0.39 is 29.8 Å². The maximum atomic E-state index is 13.4. The molecule has 9 nitrogen and oxygen atoms in total. The summed E-state index contributed by atoms with van der Waals surface area (Å²) in [5.74, 6) is -1.87. The minimum atomic E-state index is -4.90. The highest BCUT2D eigenvalue weighted by Gasteiger charge is 2.34. The third-order valence-corrected chi connectivity index (χ3v) is 4.66. The molecule has 0 aromatic heterocycles. The van der Waals surface area contributed by atoms with Crippen molar-refractivity contribution in [2.24, 2.45) is 5.10 Å². The fraction of sp³-hybridized carbons (Fsp3) is 0.143. The molecule has 0 saturated heterocycles. The molecule has 3 amide bonds. The number of aryl methyl sites for hydroxylation is 1. The molecule has 4 N–H and O–H groups in total. The number of para-hydroxylation sites is 1. The van der Waals surface area contributed by atoms with E-state index >= 15 is 0 Å². The van der Waals surface area contributed by atoms with Gasteiger partial charge in [-0.15, -0.1) is 0 Å². The highest BCUT2D eigenvalue weighted by molar-refractivity contribution is 6.33. The van der Waals surface area contributed by atoms with Gasteiger partial charge in [0.15, 0.2) is 5.71 Å².